The van der Waals surface area contributed by atoms with Crippen LogP contribution in [0.5, 0.6) is 0 Å². The van der Waals surface area contributed by atoms with Crippen LogP contribution in [-0.4, -0.2) is 119 Å². The molecular weight excluding hydrogens is 542 g/mol. The maximum atomic E-state index is 13.2. The summed E-state index contributed by atoms with van der Waals surface area (Å²) in [5.41, 5.74) is 10.7. The first-order chi connectivity index (χ1) is 19.5. The number of carbonyl (C=O) groups is 7. The van der Waals surface area contributed by atoms with Gasteiger partial charge in [0.15, 0.2) is 5.96 Å². The first-order valence-corrected chi connectivity index (χ1v) is 13.5. The average molecular weight is 580 g/mol. The van der Waals surface area contributed by atoms with E-state index in [4.69, 9.17) is 11.5 Å². The molecule has 0 bridgehead atoms. The molecule has 0 aromatic carbocycles. The summed E-state index contributed by atoms with van der Waals surface area (Å²) in [5, 5.41) is 19.2. The molecule has 3 saturated heterocycles. The second kappa shape index (κ2) is 14.3. The quantitative estimate of drug-likeness (QED) is 0.0904. The third-order valence-corrected chi connectivity index (χ3v) is 7.14. The van der Waals surface area contributed by atoms with Crippen molar-refractivity contribution in [3.63, 3.8) is 0 Å². The van der Waals surface area contributed by atoms with Gasteiger partial charge >= 0.3 is 5.97 Å². The summed E-state index contributed by atoms with van der Waals surface area (Å²) in [5.74, 6) is -5.47. The van der Waals surface area contributed by atoms with Crippen LogP contribution < -0.4 is 32.7 Å². The Morgan fingerprint density at radius 1 is 0.854 bits per heavy atom. The van der Waals surface area contributed by atoms with Crippen LogP contribution >= 0.6 is 0 Å². The highest BCUT2D eigenvalue weighted by atomic mass is 16.4. The van der Waals surface area contributed by atoms with Crippen molar-refractivity contribution in [3.8, 4) is 0 Å². The molecule has 6 amide bonds. The number of nitrogens with zero attached hydrogens (tertiary/aromatic N) is 3. The molecule has 9 N–H and O–H groups in total. The van der Waals surface area contributed by atoms with E-state index in [1.165, 1.54) is 9.80 Å². The van der Waals surface area contributed by atoms with Crippen LogP contribution in [0.4, 0.5) is 0 Å². The third-order valence-electron chi connectivity index (χ3n) is 7.14. The molecule has 3 aliphatic rings. The number of guanidine groups is 1. The molecule has 0 aromatic rings. The van der Waals surface area contributed by atoms with Gasteiger partial charge in [0.05, 0.1) is 19.5 Å². The number of carboxylic acid groups (broad SMARTS) is 1. The second-order valence-corrected chi connectivity index (χ2v) is 10.1. The number of fused-ring (bicyclic) bond motifs is 2. The lowest BCUT2D eigenvalue weighted by Crippen LogP contribution is -2.58. The Morgan fingerprint density at radius 2 is 1.49 bits per heavy atom. The van der Waals surface area contributed by atoms with Crippen LogP contribution in [0.25, 0.3) is 0 Å². The summed E-state index contributed by atoms with van der Waals surface area (Å²) < 4.78 is 0. The standard InChI is InChI=1S/C24H37N9O8/c25-24(26)27-7-1-4-13-20(38)28-11-17(34)30-14(10-19(36)37)23(41)33-9-3-5-15(33)21(39)29-12-18(35)32-8-2-6-16(32)22(40)31-13/h13-16H,1-12H2,(H,28,38)(H,29,39)(H,30,34)(H,31,40)(H,36,37)(H4,25,26,27)/t13-,14-,15+,16-/m0/s1. The number of nitrogens with one attached hydrogen (secondary N) is 4. The summed E-state index contributed by atoms with van der Waals surface area (Å²) in [6.45, 7) is -0.422. The van der Waals surface area contributed by atoms with Crippen LogP contribution in [0, 0.1) is 0 Å². The Balaban J connectivity index is 1.85. The lowest BCUT2D eigenvalue weighted by Gasteiger charge is -2.29. The molecule has 3 heterocycles. The molecule has 41 heavy (non-hydrogen) atoms. The first-order valence-electron chi connectivity index (χ1n) is 13.5. The molecule has 226 valence electrons. The predicted molar refractivity (Wildman–Crippen MR) is 142 cm³/mol. The number of carbonyl (C=O) groups excluding carboxylic acids is 6. The van der Waals surface area contributed by atoms with Crippen molar-refractivity contribution in [3.05, 3.63) is 0 Å². The topological polar surface area (TPSA) is 259 Å². The van der Waals surface area contributed by atoms with Gasteiger partial charge in [0, 0.05) is 19.6 Å². The van der Waals surface area contributed by atoms with Gasteiger partial charge in [-0.25, -0.2) is 0 Å². The number of nitrogens with two attached hydrogens (primary N) is 2. The zero-order valence-electron chi connectivity index (χ0n) is 22.6. The number of hydrogen-bond acceptors (Lipinski definition) is 8. The van der Waals surface area contributed by atoms with Gasteiger partial charge in [0.2, 0.25) is 35.4 Å². The van der Waals surface area contributed by atoms with Crippen LogP contribution in [0.3, 0.4) is 0 Å². The Bertz CT molecular complexity index is 1090. The van der Waals surface area contributed by atoms with Crippen molar-refractivity contribution in [2.24, 2.45) is 16.5 Å². The first kappa shape index (κ1) is 31.1. The summed E-state index contributed by atoms with van der Waals surface area (Å²) in [4.78, 5) is 95.8. The number of aliphatic carboxylic acids is 1. The van der Waals surface area contributed by atoms with Gasteiger partial charge in [-0.3, -0.25) is 38.6 Å². The highest BCUT2D eigenvalue weighted by molar-refractivity contribution is 5.98. The fourth-order valence-electron chi connectivity index (χ4n) is 5.17. The van der Waals surface area contributed by atoms with E-state index in [-0.39, 0.29) is 38.4 Å². The van der Waals surface area contributed by atoms with E-state index in [1.54, 1.807) is 0 Å². The van der Waals surface area contributed by atoms with Crippen molar-refractivity contribution < 1.29 is 38.7 Å². The van der Waals surface area contributed by atoms with Gasteiger partial charge in [-0.2, -0.15) is 0 Å². The van der Waals surface area contributed by atoms with Crippen LogP contribution in [0.2, 0.25) is 0 Å². The van der Waals surface area contributed by atoms with Crippen molar-refractivity contribution in [1.82, 2.24) is 31.1 Å². The van der Waals surface area contributed by atoms with Gasteiger partial charge in [-0.15, -0.1) is 0 Å². The Morgan fingerprint density at radius 3 is 2.15 bits per heavy atom. The zero-order valence-corrected chi connectivity index (χ0v) is 22.6. The molecule has 17 heteroatoms. The molecule has 3 rings (SSSR count). The monoisotopic (exact) mass is 579 g/mol. The second-order valence-electron chi connectivity index (χ2n) is 10.1. The minimum atomic E-state index is -1.49. The van der Waals surface area contributed by atoms with E-state index >= 15 is 0 Å². The number of rotatable bonds is 6. The maximum absolute atomic E-state index is 13.2. The molecule has 0 spiro atoms. The fourth-order valence-corrected chi connectivity index (χ4v) is 5.17. The Labute approximate surface area is 235 Å². The summed E-state index contributed by atoms with van der Waals surface area (Å²) in [6.07, 6.45) is 1.29. The third kappa shape index (κ3) is 8.52. The molecule has 3 aliphatic heterocycles. The minimum absolute atomic E-state index is 0.100. The van der Waals surface area contributed by atoms with E-state index in [9.17, 15) is 38.7 Å². The van der Waals surface area contributed by atoms with E-state index in [2.05, 4.69) is 26.3 Å². The van der Waals surface area contributed by atoms with Gasteiger partial charge < -0.3 is 47.6 Å². The average Bonchev–Trinajstić information content (AvgIpc) is 3.60. The summed E-state index contributed by atoms with van der Waals surface area (Å²) in [6, 6.07) is -4.43. The van der Waals surface area contributed by atoms with Gasteiger partial charge in [0.1, 0.15) is 24.2 Å². The molecule has 0 saturated carbocycles. The highest BCUT2D eigenvalue weighted by Crippen LogP contribution is 2.21. The fraction of sp³-hybridized carbons (Fsp3) is 0.667. The van der Waals surface area contributed by atoms with Gasteiger partial charge in [0.25, 0.3) is 0 Å². The summed E-state index contributed by atoms with van der Waals surface area (Å²) in [7, 11) is 0. The Kier molecular flexibility index (Phi) is 10.8. The molecule has 4 atom stereocenters. The molecule has 3 fully saturated rings. The highest BCUT2D eigenvalue weighted by Gasteiger charge is 2.40. The normalized spacial score (nSPS) is 26.5. The number of amides is 6. The molecule has 0 aromatic heterocycles. The van der Waals surface area contributed by atoms with Crippen LogP contribution in [-0.2, 0) is 33.6 Å². The molecule has 0 unspecified atom stereocenters. The SMILES string of the molecule is NC(N)=NCCC[C@@H]1NC(=O)[C@@H]2CCCN2C(=O)CNC(=O)[C@H]2CCCN2C(=O)[C@H](CC(=O)O)NC(=O)CNC1=O. The predicted octanol–water partition coefficient (Wildman–Crippen LogP) is -4.29. The smallest absolute Gasteiger partial charge is 0.305 e. The largest absolute Gasteiger partial charge is 0.481 e. The van der Waals surface area contributed by atoms with Crippen LogP contribution in [0.15, 0.2) is 4.99 Å². The number of aliphatic imine (C=N–C) groups is 1. The molecular formula is C24H37N9O8. The van der Waals surface area contributed by atoms with E-state index in [0.29, 0.717) is 25.7 Å². The van der Waals surface area contributed by atoms with Crippen molar-refractivity contribution in [2.75, 3.05) is 32.7 Å². The minimum Gasteiger partial charge on any atom is -0.481 e. The van der Waals surface area contributed by atoms with E-state index in [0.717, 1.165) is 0 Å². The summed E-state index contributed by atoms with van der Waals surface area (Å²) >= 11 is 0. The van der Waals surface area contributed by atoms with Crippen molar-refractivity contribution in [2.45, 2.75) is 69.1 Å². The lowest BCUT2D eigenvalue weighted by molar-refractivity contribution is -0.146. The number of carboxylic acids is 1. The van der Waals surface area contributed by atoms with Gasteiger partial charge in [-0.05, 0) is 38.5 Å². The molecule has 0 radical (unpaired) electrons. The Hall–Kier alpha value is -4.44. The van der Waals surface area contributed by atoms with Crippen LogP contribution in [0.1, 0.15) is 44.9 Å². The van der Waals surface area contributed by atoms with Gasteiger partial charge in [-0.1, -0.05) is 0 Å². The maximum Gasteiger partial charge on any atom is 0.305 e. The van der Waals surface area contributed by atoms with E-state index < -0.39 is 85.1 Å². The molecule has 17 nitrogen and oxygen atoms in total. The molecule has 0 aliphatic carbocycles. The van der Waals surface area contributed by atoms with Crippen molar-refractivity contribution in [1.29, 1.82) is 0 Å². The van der Waals surface area contributed by atoms with Crippen molar-refractivity contribution >= 4 is 47.4 Å². The van der Waals surface area contributed by atoms with E-state index in [1.807, 2.05) is 0 Å². The zero-order chi connectivity index (χ0) is 30.1. The number of hydrogen-bond donors (Lipinski definition) is 7. The lowest BCUT2D eigenvalue weighted by atomic mass is 10.1.